The van der Waals surface area contributed by atoms with Crippen molar-refractivity contribution in [1.82, 2.24) is 4.90 Å². The minimum absolute atomic E-state index is 0.116. The number of nitrogens with zero attached hydrogens (tertiary/aromatic N) is 1. The molecule has 1 aromatic heterocycles. The van der Waals surface area contributed by atoms with Gasteiger partial charge in [-0.2, -0.15) is 0 Å². The average molecular weight is 494 g/mol. The lowest BCUT2D eigenvalue weighted by Gasteiger charge is -2.15. The molecule has 35 heavy (non-hydrogen) atoms. The molecular formula is C28H28FNO4S. The van der Waals surface area contributed by atoms with Crippen LogP contribution in [0.2, 0.25) is 0 Å². The van der Waals surface area contributed by atoms with E-state index in [0.29, 0.717) is 39.7 Å². The summed E-state index contributed by atoms with van der Waals surface area (Å²) in [5.74, 6) is 1.26. The SMILES string of the molecule is C=C(/C=C\C(=C)Oc1c(C(=O)c2ccccc2)sc2cc(O)ccc12)OCCN1CC[C@@H](CF)C1. The number of ether oxygens (including phenoxy) is 2. The second-order valence-electron chi connectivity index (χ2n) is 8.46. The van der Waals surface area contributed by atoms with Crippen molar-refractivity contribution in [3.63, 3.8) is 0 Å². The molecule has 2 heterocycles. The second kappa shape index (κ2) is 11.3. The van der Waals surface area contributed by atoms with Crippen LogP contribution in [0, 0.1) is 5.92 Å². The zero-order chi connectivity index (χ0) is 24.8. The van der Waals surface area contributed by atoms with E-state index >= 15 is 0 Å². The summed E-state index contributed by atoms with van der Waals surface area (Å²) in [6.45, 7) is 10.4. The number of alkyl halides is 1. The smallest absolute Gasteiger partial charge is 0.206 e. The molecule has 0 radical (unpaired) electrons. The van der Waals surface area contributed by atoms with Crippen LogP contribution in [0.25, 0.3) is 10.1 Å². The van der Waals surface area contributed by atoms with Crippen molar-refractivity contribution >= 4 is 27.2 Å². The molecule has 0 amide bonds. The van der Waals surface area contributed by atoms with Crippen molar-refractivity contribution in [2.24, 2.45) is 5.92 Å². The number of halogens is 1. The third kappa shape index (κ3) is 6.18. The predicted molar refractivity (Wildman–Crippen MR) is 138 cm³/mol. The number of ketones is 1. The maximum atomic E-state index is 13.2. The van der Waals surface area contributed by atoms with Gasteiger partial charge in [-0.05, 0) is 43.3 Å². The Balaban J connectivity index is 1.41. The maximum absolute atomic E-state index is 13.2. The summed E-state index contributed by atoms with van der Waals surface area (Å²) in [6, 6.07) is 13.9. The molecule has 2 aromatic carbocycles. The van der Waals surface area contributed by atoms with E-state index in [1.165, 1.54) is 11.3 Å². The Morgan fingerprint density at radius 1 is 1.17 bits per heavy atom. The summed E-state index contributed by atoms with van der Waals surface area (Å²) in [4.78, 5) is 15.8. The number of aromatic hydroxyl groups is 1. The minimum atomic E-state index is -0.270. The number of phenols is 1. The summed E-state index contributed by atoms with van der Waals surface area (Å²) in [5, 5.41) is 10.6. The first kappa shape index (κ1) is 24.7. The van der Waals surface area contributed by atoms with Crippen LogP contribution >= 0.6 is 11.3 Å². The fourth-order valence-corrected chi connectivity index (χ4v) is 5.11. The highest BCUT2D eigenvalue weighted by atomic mass is 32.1. The maximum Gasteiger partial charge on any atom is 0.206 e. The highest BCUT2D eigenvalue weighted by molar-refractivity contribution is 7.21. The molecule has 5 nitrogen and oxygen atoms in total. The van der Waals surface area contributed by atoms with Crippen molar-refractivity contribution in [3.05, 3.63) is 95.8 Å². The number of allylic oxidation sites excluding steroid dienone is 2. The van der Waals surface area contributed by atoms with Crippen LogP contribution in [0.5, 0.6) is 11.5 Å². The Bertz CT molecular complexity index is 1250. The lowest BCUT2D eigenvalue weighted by atomic mass is 10.1. The Morgan fingerprint density at radius 3 is 2.69 bits per heavy atom. The van der Waals surface area contributed by atoms with Gasteiger partial charge in [0.15, 0.2) is 5.75 Å². The number of phenolic OH excluding ortho intramolecular Hbond substituents is 1. The van der Waals surface area contributed by atoms with Crippen LogP contribution in [-0.4, -0.2) is 48.7 Å². The normalized spacial score (nSPS) is 16.1. The van der Waals surface area contributed by atoms with Crippen LogP contribution in [0.4, 0.5) is 4.39 Å². The van der Waals surface area contributed by atoms with Gasteiger partial charge < -0.3 is 14.6 Å². The quantitative estimate of drug-likeness (QED) is 0.198. The van der Waals surface area contributed by atoms with Gasteiger partial charge in [0.05, 0.1) is 6.67 Å². The van der Waals surface area contributed by atoms with E-state index in [1.807, 2.05) is 18.2 Å². The van der Waals surface area contributed by atoms with Gasteiger partial charge in [0.25, 0.3) is 0 Å². The third-order valence-corrected chi connectivity index (χ3v) is 6.97. The summed E-state index contributed by atoms with van der Waals surface area (Å²) in [6.07, 6.45) is 4.19. The fraction of sp³-hybridized carbons (Fsp3) is 0.250. The first-order valence-electron chi connectivity index (χ1n) is 11.4. The molecule has 0 aliphatic carbocycles. The standard InChI is InChI=1S/C28H28FNO4S/c1-19(33-15-14-30-13-12-21(17-29)18-30)8-9-20(2)34-27-24-11-10-23(31)16-25(24)35-28(27)26(32)22-6-4-3-5-7-22/h3-11,16,21,31H,1-2,12-15,17-18H2/b9-8-/t21-/m0/s1. The second-order valence-corrected chi connectivity index (χ2v) is 9.51. The molecule has 1 saturated heterocycles. The fourth-order valence-electron chi connectivity index (χ4n) is 3.98. The number of rotatable bonds is 11. The Hall–Kier alpha value is -3.42. The Labute approximate surface area is 208 Å². The molecule has 0 unspecified atom stereocenters. The molecule has 0 bridgehead atoms. The molecule has 7 heteroatoms. The van der Waals surface area contributed by atoms with Gasteiger partial charge in [-0.3, -0.25) is 14.1 Å². The van der Waals surface area contributed by atoms with Gasteiger partial charge in [-0.1, -0.05) is 43.5 Å². The highest BCUT2D eigenvalue weighted by Crippen LogP contribution is 2.41. The monoisotopic (exact) mass is 493 g/mol. The van der Waals surface area contributed by atoms with E-state index in [1.54, 1.807) is 42.5 Å². The van der Waals surface area contributed by atoms with Gasteiger partial charge in [0, 0.05) is 34.7 Å². The largest absolute Gasteiger partial charge is 0.508 e. The van der Waals surface area contributed by atoms with Gasteiger partial charge in [0.1, 0.15) is 28.8 Å². The summed E-state index contributed by atoms with van der Waals surface area (Å²) >= 11 is 1.26. The molecule has 1 N–H and O–H groups in total. The predicted octanol–water partition coefficient (Wildman–Crippen LogP) is 6.11. The number of carbonyl (C=O) groups excluding carboxylic acids is 1. The lowest BCUT2D eigenvalue weighted by Crippen LogP contribution is -2.25. The molecule has 1 aliphatic heterocycles. The van der Waals surface area contributed by atoms with Crippen LogP contribution in [0.3, 0.4) is 0 Å². The molecule has 1 fully saturated rings. The van der Waals surface area contributed by atoms with Crippen molar-refractivity contribution in [3.8, 4) is 11.5 Å². The number of thiophene rings is 1. The van der Waals surface area contributed by atoms with Crippen molar-refractivity contribution < 1.29 is 23.8 Å². The van der Waals surface area contributed by atoms with E-state index in [0.717, 1.165) is 30.8 Å². The molecule has 1 atom stereocenters. The zero-order valence-electron chi connectivity index (χ0n) is 19.4. The molecule has 0 saturated carbocycles. The number of fused-ring (bicyclic) bond motifs is 1. The zero-order valence-corrected chi connectivity index (χ0v) is 20.2. The van der Waals surface area contributed by atoms with E-state index < -0.39 is 0 Å². The average Bonchev–Trinajstić information content (AvgIpc) is 3.47. The Morgan fingerprint density at radius 2 is 1.94 bits per heavy atom. The van der Waals surface area contributed by atoms with Gasteiger partial charge in [0.2, 0.25) is 5.78 Å². The van der Waals surface area contributed by atoms with Crippen molar-refractivity contribution in [2.75, 3.05) is 32.9 Å². The third-order valence-electron chi connectivity index (χ3n) is 5.84. The number of benzene rings is 2. The first-order valence-corrected chi connectivity index (χ1v) is 12.3. The highest BCUT2D eigenvalue weighted by Gasteiger charge is 2.23. The molecule has 3 aromatic rings. The van der Waals surface area contributed by atoms with Gasteiger partial charge >= 0.3 is 0 Å². The van der Waals surface area contributed by atoms with Crippen LogP contribution in [-0.2, 0) is 4.74 Å². The summed E-state index contributed by atoms with van der Waals surface area (Å²) in [7, 11) is 0. The number of hydrogen-bond acceptors (Lipinski definition) is 6. The molecule has 4 rings (SSSR count). The van der Waals surface area contributed by atoms with E-state index in [9.17, 15) is 14.3 Å². The number of likely N-dealkylation sites (tertiary alicyclic amines) is 1. The Kier molecular flexibility index (Phi) is 8.00. The first-order chi connectivity index (χ1) is 16.9. The van der Waals surface area contributed by atoms with Crippen LogP contribution in [0.1, 0.15) is 21.7 Å². The lowest BCUT2D eigenvalue weighted by molar-refractivity contribution is 0.104. The topological polar surface area (TPSA) is 59.0 Å². The minimum Gasteiger partial charge on any atom is -0.508 e. The van der Waals surface area contributed by atoms with Gasteiger partial charge in [-0.15, -0.1) is 11.3 Å². The molecule has 0 spiro atoms. The summed E-state index contributed by atoms with van der Waals surface area (Å²) in [5.41, 5.74) is 0.548. The van der Waals surface area contributed by atoms with E-state index in [2.05, 4.69) is 18.1 Å². The van der Waals surface area contributed by atoms with E-state index in [4.69, 9.17) is 9.47 Å². The van der Waals surface area contributed by atoms with E-state index in [-0.39, 0.29) is 24.1 Å². The molecular weight excluding hydrogens is 465 g/mol. The van der Waals surface area contributed by atoms with Crippen LogP contribution in [0.15, 0.2) is 85.4 Å². The number of hydrogen-bond donors (Lipinski definition) is 1. The number of carbonyl (C=O) groups is 1. The summed E-state index contributed by atoms with van der Waals surface area (Å²) < 4.78 is 25.2. The molecule has 182 valence electrons. The van der Waals surface area contributed by atoms with Gasteiger partial charge in [-0.25, -0.2) is 0 Å². The molecule has 1 aliphatic rings. The van der Waals surface area contributed by atoms with Crippen LogP contribution < -0.4 is 4.74 Å². The van der Waals surface area contributed by atoms with Crippen molar-refractivity contribution in [1.29, 1.82) is 0 Å². The van der Waals surface area contributed by atoms with Crippen molar-refractivity contribution in [2.45, 2.75) is 6.42 Å².